The Kier molecular flexibility index (Phi) is 2.40. The van der Waals surface area contributed by atoms with Crippen LogP contribution in [-0.4, -0.2) is 15.6 Å². The molecule has 76 valence electrons. The second kappa shape index (κ2) is 3.56. The number of hydrogen-bond acceptors (Lipinski definition) is 2. The average Bonchev–Trinajstić information content (AvgIpc) is 2.67. The number of carbonyl (C=O) groups is 1. The molecule has 3 heteroatoms. The van der Waals surface area contributed by atoms with Gasteiger partial charge < -0.3 is 0 Å². The summed E-state index contributed by atoms with van der Waals surface area (Å²) in [5, 5.41) is 4.34. The Hall–Kier alpha value is -1.12. The highest BCUT2D eigenvalue weighted by atomic mass is 16.1. The van der Waals surface area contributed by atoms with Crippen LogP contribution in [0.5, 0.6) is 0 Å². The molecule has 1 heterocycles. The Morgan fingerprint density at radius 1 is 1.64 bits per heavy atom. The average molecular weight is 192 g/mol. The molecule has 0 saturated heterocycles. The number of carbonyl (C=O) groups excluding carboxylic acids is 1. The van der Waals surface area contributed by atoms with Crippen LogP contribution in [0.1, 0.15) is 25.5 Å². The van der Waals surface area contributed by atoms with E-state index in [2.05, 4.69) is 5.10 Å². The zero-order chi connectivity index (χ0) is 10.1. The first-order chi connectivity index (χ1) is 6.66. The van der Waals surface area contributed by atoms with Crippen molar-refractivity contribution in [3.8, 4) is 0 Å². The molecule has 1 saturated carbocycles. The zero-order valence-electron chi connectivity index (χ0n) is 8.73. The third kappa shape index (κ3) is 1.72. The summed E-state index contributed by atoms with van der Waals surface area (Å²) < 4.78 is 1.82. The maximum Gasteiger partial charge on any atom is 0.136 e. The predicted octanol–water partition coefficient (Wildman–Crippen LogP) is 1.58. The minimum atomic E-state index is 0.233. The van der Waals surface area contributed by atoms with Crippen molar-refractivity contribution in [1.29, 1.82) is 0 Å². The van der Waals surface area contributed by atoms with E-state index in [-0.39, 0.29) is 5.92 Å². The van der Waals surface area contributed by atoms with E-state index in [0.717, 1.165) is 25.0 Å². The van der Waals surface area contributed by atoms with E-state index >= 15 is 0 Å². The highest BCUT2D eigenvalue weighted by Gasteiger charge is 2.31. The van der Waals surface area contributed by atoms with E-state index in [4.69, 9.17) is 0 Å². The summed E-state index contributed by atoms with van der Waals surface area (Å²) >= 11 is 0. The van der Waals surface area contributed by atoms with Crippen molar-refractivity contribution >= 4 is 5.78 Å². The summed E-state index contributed by atoms with van der Waals surface area (Å²) in [5.41, 5.74) is 1.11. The van der Waals surface area contributed by atoms with Gasteiger partial charge in [-0.05, 0) is 24.8 Å². The van der Waals surface area contributed by atoms with Crippen molar-refractivity contribution in [1.82, 2.24) is 9.78 Å². The predicted molar refractivity (Wildman–Crippen MR) is 53.8 cm³/mol. The minimum absolute atomic E-state index is 0.233. The Morgan fingerprint density at radius 2 is 2.43 bits per heavy atom. The summed E-state index contributed by atoms with van der Waals surface area (Å²) in [6, 6.07) is 2.04. The Balaban J connectivity index is 2.02. The van der Waals surface area contributed by atoms with Gasteiger partial charge in [-0.3, -0.25) is 9.48 Å². The topological polar surface area (TPSA) is 34.9 Å². The lowest BCUT2D eigenvalue weighted by atomic mass is 9.93. The number of Topliss-reactive ketones (excluding diaryl/α,β-unsaturated/α-hetero) is 1. The highest BCUT2D eigenvalue weighted by molar-refractivity contribution is 5.83. The van der Waals surface area contributed by atoms with Gasteiger partial charge in [0.25, 0.3) is 0 Å². The first-order valence-electron chi connectivity index (χ1n) is 5.18. The van der Waals surface area contributed by atoms with Gasteiger partial charge in [0, 0.05) is 25.6 Å². The third-order valence-electron chi connectivity index (χ3n) is 3.22. The molecule has 1 aromatic heterocycles. The standard InChI is InChI=1S/C11H16N2O/c1-8-9(3-4-11(8)14)7-10-5-6-13(2)12-10/h5-6,8-9H,3-4,7H2,1-2H3. The normalized spacial score (nSPS) is 27.1. The molecule has 0 radical (unpaired) electrons. The van der Waals surface area contributed by atoms with Crippen LogP contribution in [0, 0.1) is 11.8 Å². The van der Waals surface area contributed by atoms with Crippen molar-refractivity contribution in [2.24, 2.45) is 18.9 Å². The summed E-state index contributed by atoms with van der Waals surface area (Å²) in [7, 11) is 1.92. The number of aryl methyl sites for hydroxylation is 1. The summed E-state index contributed by atoms with van der Waals surface area (Å²) in [5.74, 6) is 1.17. The minimum Gasteiger partial charge on any atom is -0.299 e. The Labute approximate surface area is 84.1 Å². The van der Waals surface area contributed by atoms with Crippen molar-refractivity contribution in [3.05, 3.63) is 18.0 Å². The molecule has 0 N–H and O–H groups in total. The van der Waals surface area contributed by atoms with Gasteiger partial charge in [-0.1, -0.05) is 6.92 Å². The maximum atomic E-state index is 11.4. The van der Waals surface area contributed by atoms with E-state index in [0.29, 0.717) is 11.7 Å². The SMILES string of the molecule is CC1C(=O)CCC1Cc1ccn(C)n1. The molecule has 1 aromatic rings. The molecule has 2 unspecified atom stereocenters. The number of ketones is 1. The lowest BCUT2D eigenvalue weighted by Crippen LogP contribution is -2.13. The molecular formula is C11H16N2O. The molecule has 0 amide bonds. The fourth-order valence-corrected chi connectivity index (χ4v) is 2.19. The van der Waals surface area contributed by atoms with Crippen molar-refractivity contribution in [3.63, 3.8) is 0 Å². The number of nitrogens with zero attached hydrogens (tertiary/aromatic N) is 2. The van der Waals surface area contributed by atoms with Gasteiger partial charge in [-0.25, -0.2) is 0 Å². The molecule has 3 nitrogen and oxygen atoms in total. The monoisotopic (exact) mass is 192 g/mol. The highest BCUT2D eigenvalue weighted by Crippen LogP contribution is 2.30. The molecule has 2 rings (SSSR count). The van der Waals surface area contributed by atoms with E-state index in [1.165, 1.54) is 0 Å². The van der Waals surface area contributed by atoms with Gasteiger partial charge in [-0.2, -0.15) is 5.10 Å². The van der Waals surface area contributed by atoms with Crippen LogP contribution in [0.2, 0.25) is 0 Å². The molecule has 1 aliphatic rings. The van der Waals surface area contributed by atoms with E-state index in [1.807, 2.05) is 30.9 Å². The Morgan fingerprint density at radius 3 is 2.93 bits per heavy atom. The maximum absolute atomic E-state index is 11.4. The summed E-state index contributed by atoms with van der Waals surface area (Å²) in [6.45, 7) is 2.04. The fraction of sp³-hybridized carbons (Fsp3) is 0.636. The van der Waals surface area contributed by atoms with Crippen LogP contribution in [0.25, 0.3) is 0 Å². The molecule has 0 bridgehead atoms. The van der Waals surface area contributed by atoms with Crippen LogP contribution in [0.4, 0.5) is 0 Å². The lowest BCUT2D eigenvalue weighted by Gasteiger charge is -2.11. The van der Waals surface area contributed by atoms with E-state index < -0.39 is 0 Å². The van der Waals surface area contributed by atoms with Crippen LogP contribution < -0.4 is 0 Å². The smallest absolute Gasteiger partial charge is 0.136 e. The quantitative estimate of drug-likeness (QED) is 0.713. The lowest BCUT2D eigenvalue weighted by molar-refractivity contribution is -0.120. The molecule has 0 aliphatic heterocycles. The molecule has 0 aromatic carbocycles. The van der Waals surface area contributed by atoms with Gasteiger partial charge in [0.15, 0.2) is 0 Å². The molecule has 0 spiro atoms. The van der Waals surface area contributed by atoms with Gasteiger partial charge >= 0.3 is 0 Å². The molecule has 1 fully saturated rings. The van der Waals surface area contributed by atoms with Crippen LogP contribution in [-0.2, 0) is 18.3 Å². The van der Waals surface area contributed by atoms with Gasteiger partial charge in [0.2, 0.25) is 0 Å². The van der Waals surface area contributed by atoms with Gasteiger partial charge in [-0.15, -0.1) is 0 Å². The van der Waals surface area contributed by atoms with Crippen molar-refractivity contribution in [2.45, 2.75) is 26.2 Å². The second-order valence-electron chi connectivity index (χ2n) is 4.24. The molecule has 2 atom stereocenters. The van der Waals surface area contributed by atoms with Crippen molar-refractivity contribution < 1.29 is 4.79 Å². The number of rotatable bonds is 2. The largest absolute Gasteiger partial charge is 0.299 e. The van der Waals surface area contributed by atoms with Gasteiger partial charge in [0.1, 0.15) is 5.78 Å². The molecule has 1 aliphatic carbocycles. The fourth-order valence-electron chi connectivity index (χ4n) is 2.19. The van der Waals surface area contributed by atoms with E-state index in [9.17, 15) is 4.79 Å². The summed E-state index contributed by atoms with van der Waals surface area (Å²) in [4.78, 5) is 11.4. The van der Waals surface area contributed by atoms with Crippen molar-refractivity contribution in [2.75, 3.05) is 0 Å². The molecule has 14 heavy (non-hydrogen) atoms. The summed E-state index contributed by atoms with van der Waals surface area (Å²) in [6.07, 6.45) is 4.71. The molecular weight excluding hydrogens is 176 g/mol. The van der Waals surface area contributed by atoms with Crippen LogP contribution in [0.3, 0.4) is 0 Å². The van der Waals surface area contributed by atoms with Crippen LogP contribution in [0.15, 0.2) is 12.3 Å². The van der Waals surface area contributed by atoms with Gasteiger partial charge in [0.05, 0.1) is 5.69 Å². The first-order valence-corrected chi connectivity index (χ1v) is 5.18. The van der Waals surface area contributed by atoms with Crippen LogP contribution >= 0.6 is 0 Å². The Bertz CT molecular complexity index is 343. The number of hydrogen-bond donors (Lipinski definition) is 0. The zero-order valence-corrected chi connectivity index (χ0v) is 8.73. The van der Waals surface area contributed by atoms with E-state index in [1.54, 1.807) is 0 Å². The first kappa shape index (κ1) is 9.44. The number of aromatic nitrogens is 2. The second-order valence-corrected chi connectivity index (χ2v) is 4.24. The third-order valence-corrected chi connectivity index (χ3v) is 3.22.